The van der Waals surface area contributed by atoms with E-state index in [4.69, 9.17) is 14.2 Å². The number of carbonyl (C=O) groups excluding carboxylic acids is 4. The third kappa shape index (κ3) is 4.80. The van der Waals surface area contributed by atoms with Gasteiger partial charge in [0, 0.05) is 30.5 Å². The van der Waals surface area contributed by atoms with Crippen LogP contribution in [0.5, 0.6) is 11.5 Å². The van der Waals surface area contributed by atoms with E-state index >= 15 is 0 Å². The quantitative estimate of drug-likeness (QED) is 0.364. The lowest BCUT2D eigenvalue weighted by Gasteiger charge is -2.13. The van der Waals surface area contributed by atoms with Gasteiger partial charge in [-0.1, -0.05) is 11.3 Å². The van der Waals surface area contributed by atoms with E-state index in [2.05, 4.69) is 4.99 Å². The van der Waals surface area contributed by atoms with Crippen molar-refractivity contribution in [2.24, 2.45) is 4.99 Å². The lowest BCUT2D eigenvalue weighted by atomic mass is 10.2. The number of fused-ring (bicyclic) bond motifs is 1. The molecule has 0 saturated carbocycles. The average molecular weight is 498 g/mol. The van der Waals surface area contributed by atoms with Gasteiger partial charge in [-0.05, 0) is 31.2 Å². The number of carbonyl (C=O) groups is 4. The van der Waals surface area contributed by atoms with Gasteiger partial charge in [0.2, 0.25) is 11.8 Å². The molecule has 1 fully saturated rings. The summed E-state index contributed by atoms with van der Waals surface area (Å²) in [5.74, 6) is -0.581. The molecule has 1 aliphatic heterocycles. The molecule has 0 N–H and O–H groups in total. The van der Waals surface area contributed by atoms with E-state index in [-0.39, 0.29) is 43.4 Å². The summed E-state index contributed by atoms with van der Waals surface area (Å²) >= 11 is 1.21. The Hall–Kier alpha value is -3.99. The first kappa shape index (κ1) is 24.1. The Morgan fingerprint density at radius 2 is 1.63 bits per heavy atom. The Balaban J connectivity index is 1.74. The van der Waals surface area contributed by atoms with Gasteiger partial charge in [-0.15, -0.1) is 0 Å². The van der Waals surface area contributed by atoms with Crippen LogP contribution in [0, 0.1) is 0 Å². The third-order valence-electron chi connectivity index (χ3n) is 5.40. The van der Waals surface area contributed by atoms with Crippen molar-refractivity contribution >= 4 is 50.9 Å². The van der Waals surface area contributed by atoms with Crippen molar-refractivity contribution in [2.75, 3.05) is 25.7 Å². The van der Waals surface area contributed by atoms with Crippen molar-refractivity contribution in [1.29, 1.82) is 0 Å². The number of thiazole rings is 1. The van der Waals surface area contributed by atoms with Crippen molar-refractivity contribution in [1.82, 2.24) is 4.57 Å². The number of hydrogen-bond acceptors (Lipinski definition) is 8. The molecule has 4 rings (SSSR count). The molecule has 0 aliphatic carbocycles. The average Bonchev–Trinajstić information content (AvgIpc) is 3.36. The number of methoxy groups -OCH3 is 2. The normalized spacial score (nSPS) is 14.0. The summed E-state index contributed by atoms with van der Waals surface area (Å²) in [4.78, 5) is 54.8. The van der Waals surface area contributed by atoms with Crippen LogP contribution in [0.4, 0.5) is 5.69 Å². The molecule has 0 unspecified atom stereocenters. The molecular formula is C24H23N3O7S. The van der Waals surface area contributed by atoms with Crippen LogP contribution >= 0.6 is 11.3 Å². The molecule has 3 aromatic rings. The van der Waals surface area contributed by atoms with Crippen LogP contribution in [0.25, 0.3) is 10.2 Å². The highest BCUT2D eigenvalue weighted by Crippen LogP contribution is 2.33. The van der Waals surface area contributed by atoms with E-state index in [0.717, 1.165) is 9.60 Å². The minimum atomic E-state index is -0.543. The van der Waals surface area contributed by atoms with Crippen molar-refractivity contribution in [3.05, 3.63) is 46.8 Å². The Morgan fingerprint density at radius 3 is 2.23 bits per heavy atom. The van der Waals surface area contributed by atoms with E-state index in [1.54, 1.807) is 23.6 Å². The van der Waals surface area contributed by atoms with Crippen molar-refractivity contribution in [3.8, 4) is 11.5 Å². The predicted octanol–water partition coefficient (Wildman–Crippen LogP) is 2.68. The second kappa shape index (κ2) is 10.1. The number of anilines is 1. The molecule has 0 bridgehead atoms. The van der Waals surface area contributed by atoms with Crippen molar-refractivity contribution < 1.29 is 33.4 Å². The van der Waals surface area contributed by atoms with Gasteiger partial charge < -0.3 is 18.8 Å². The van der Waals surface area contributed by atoms with Gasteiger partial charge in [0.25, 0.3) is 5.91 Å². The van der Waals surface area contributed by atoms with Crippen LogP contribution in [0.2, 0.25) is 0 Å². The van der Waals surface area contributed by atoms with Crippen LogP contribution in [0.1, 0.15) is 30.1 Å². The van der Waals surface area contributed by atoms with Gasteiger partial charge in [-0.25, -0.2) is 0 Å². The van der Waals surface area contributed by atoms with Crippen LogP contribution in [-0.4, -0.2) is 49.1 Å². The van der Waals surface area contributed by atoms with Gasteiger partial charge in [-0.3, -0.25) is 24.1 Å². The summed E-state index contributed by atoms with van der Waals surface area (Å²) in [6.45, 7) is 1.79. The zero-order valence-electron chi connectivity index (χ0n) is 19.4. The van der Waals surface area contributed by atoms with Gasteiger partial charge in [0.05, 0.1) is 36.7 Å². The third-order valence-corrected chi connectivity index (χ3v) is 6.44. The molecule has 0 spiro atoms. The van der Waals surface area contributed by atoms with E-state index in [0.29, 0.717) is 27.5 Å². The van der Waals surface area contributed by atoms with E-state index < -0.39 is 11.9 Å². The first-order valence-electron chi connectivity index (χ1n) is 10.8. The zero-order chi connectivity index (χ0) is 25.1. The molecule has 35 heavy (non-hydrogen) atoms. The summed E-state index contributed by atoms with van der Waals surface area (Å²) in [7, 11) is 3.03. The summed E-state index contributed by atoms with van der Waals surface area (Å²) in [5.41, 5.74) is 1.31. The first-order valence-corrected chi connectivity index (χ1v) is 11.6. The van der Waals surface area contributed by atoms with E-state index in [1.807, 2.05) is 0 Å². The smallest absolute Gasteiger partial charge is 0.326 e. The summed E-state index contributed by atoms with van der Waals surface area (Å²) < 4.78 is 18.2. The van der Waals surface area contributed by atoms with E-state index in [1.165, 1.54) is 49.8 Å². The number of esters is 1. The summed E-state index contributed by atoms with van der Waals surface area (Å²) in [5, 5.41) is 0. The predicted molar refractivity (Wildman–Crippen MR) is 128 cm³/mol. The lowest BCUT2D eigenvalue weighted by Crippen LogP contribution is -2.28. The maximum Gasteiger partial charge on any atom is 0.326 e. The molecule has 182 valence electrons. The zero-order valence-corrected chi connectivity index (χ0v) is 20.2. The molecule has 3 amide bonds. The van der Waals surface area contributed by atoms with E-state index in [9.17, 15) is 19.2 Å². The fraction of sp³-hybridized carbons (Fsp3) is 0.292. The number of nitrogens with zero attached hydrogens (tertiary/aromatic N) is 3. The maximum absolute atomic E-state index is 13.0. The fourth-order valence-corrected chi connectivity index (χ4v) is 4.78. The number of imide groups is 1. The van der Waals surface area contributed by atoms with Gasteiger partial charge in [0.15, 0.2) is 16.3 Å². The van der Waals surface area contributed by atoms with Crippen LogP contribution in [0.3, 0.4) is 0 Å². The topological polar surface area (TPSA) is 116 Å². The summed E-state index contributed by atoms with van der Waals surface area (Å²) in [6.07, 6.45) is 0.355. The standard InChI is InChI=1S/C24H23N3O7S/c1-4-34-22(30)13-26-16-11-17(32-2)18(33-3)12-19(16)35-24(26)25-23(31)14-5-7-15(8-6-14)27-20(28)9-10-21(27)29/h5-8,11-12H,4,9-10,13H2,1-3H3. The van der Waals surface area contributed by atoms with Crippen molar-refractivity contribution in [3.63, 3.8) is 0 Å². The molecule has 0 radical (unpaired) electrons. The first-order chi connectivity index (χ1) is 16.9. The molecule has 1 aliphatic rings. The number of benzene rings is 2. The Kier molecular flexibility index (Phi) is 6.97. The number of hydrogen-bond donors (Lipinski definition) is 0. The Labute approximate surface area is 204 Å². The van der Waals surface area contributed by atoms with Crippen LogP contribution in [0.15, 0.2) is 41.4 Å². The molecule has 2 aromatic carbocycles. The van der Waals surface area contributed by atoms with Gasteiger partial charge in [-0.2, -0.15) is 4.99 Å². The molecule has 2 heterocycles. The minimum Gasteiger partial charge on any atom is -0.493 e. The molecule has 1 saturated heterocycles. The summed E-state index contributed by atoms with van der Waals surface area (Å²) in [6, 6.07) is 9.56. The number of amides is 3. The lowest BCUT2D eigenvalue weighted by molar-refractivity contribution is -0.143. The fourth-order valence-electron chi connectivity index (χ4n) is 3.74. The second-order valence-corrected chi connectivity index (χ2v) is 8.55. The highest BCUT2D eigenvalue weighted by atomic mass is 32.1. The van der Waals surface area contributed by atoms with Gasteiger partial charge in [0.1, 0.15) is 6.54 Å². The van der Waals surface area contributed by atoms with Crippen molar-refractivity contribution in [2.45, 2.75) is 26.3 Å². The molecule has 10 nitrogen and oxygen atoms in total. The largest absolute Gasteiger partial charge is 0.493 e. The SMILES string of the molecule is CCOC(=O)Cn1c(=NC(=O)c2ccc(N3C(=O)CCC3=O)cc2)sc2cc(OC)c(OC)cc21. The number of ether oxygens (including phenoxy) is 3. The number of rotatable bonds is 7. The minimum absolute atomic E-state index is 0.145. The maximum atomic E-state index is 13.0. The molecule has 0 atom stereocenters. The second-order valence-electron chi connectivity index (χ2n) is 7.54. The highest BCUT2D eigenvalue weighted by molar-refractivity contribution is 7.16. The molecule has 11 heteroatoms. The Morgan fingerprint density at radius 1 is 1.00 bits per heavy atom. The monoisotopic (exact) mass is 497 g/mol. The van der Waals surface area contributed by atoms with Crippen LogP contribution in [-0.2, 0) is 25.7 Å². The highest BCUT2D eigenvalue weighted by Gasteiger charge is 2.30. The Bertz CT molecular complexity index is 1370. The number of aromatic nitrogens is 1. The van der Waals surface area contributed by atoms with Gasteiger partial charge >= 0.3 is 5.97 Å². The molecule has 1 aromatic heterocycles. The molecular weight excluding hydrogens is 474 g/mol. The van der Waals surface area contributed by atoms with Crippen LogP contribution < -0.4 is 19.2 Å².